The highest BCUT2D eigenvalue weighted by Gasteiger charge is 2.20. The highest BCUT2D eigenvalue weighted by molar-refractivity contribution is 6.00. The van der Waals surface area contributed by atoms with Gasteiger partial charge in [-0.1, -0.05) is 12.1 Å². The van der Waals surface area contributed by atoms with Gasteiger partial charge in [-0.25, -0.2) is 23.5 Å². The number of amides is 2. The number of nitrogens with one attached hydrogen (secondary N) is 2. The number of carbonyl (C=O) groups excluding carboxylic acids is 1. The highest BCUT2D eigenvalue weighted by Crippen LogP contribution is 2.34. The zero-order chi connectivity index (χ0) is 22.7. The summed E-state index contributed by atoms with van der Waals surface area (Å²) >= 11 is 0. The van der Waals surface area contributed by atoms with Crippen molar-refractivity contribution in [2.45, 2.75) is 13.5 Å². The van der Waals surface area contributed by atoms with Crippen LogP contribution in [0.5, 0.6) is 0 Å². The summed E-state index contributed by atoms with van der Waals surface area (Å²) in [6.45, 7) is 2.47. The van der Waals surface area contributed by atoms with Crippen molar-refractivity contribution in [3.8, 4) is 22.5 Å². The van der Waals surface area contributed by atoms with Crippen molar-refractivity contribution in [3.05, 3.63) is 72.6 Å². The lowest BCUT2D eigenvalue weighted by Gasteiger charge is -2.11. The molecule has 0 saturated heterocycles. The number of anilines is 3. The molecule has 0 spiro atoms. The Hall–Kier alpha value is -4.34. The molecule has 0 aliphatic carbocycles. The fourth-order valence-corrected chi connectivity index (χ4v) is 3.13. The predicted molar refractivity (Wildman–Crippen MR) is 118 cm³/mol. The Morgan fingerprint density at radius 2 is 1.84 bits per heavy atom. The number of benzene rings is 2. The first-order chi connectivity index (χ1) is 15.4. The standard InChI is InChI=1S/C22H19F2N7O/c1-2-31-12-16(20(30-31)18-10-11-26-21(25)28-18)15-4-3-5-17(19(15)24)29-22(32)27-14-8-6-13(23)7-9-14/h3-12H,2H2,1H3,(H2,25,26,28)(H2,27,29,32). The average Bonchev–Trinajstić information content (AvgIpc) is 3.21. The van der Waals surface area contributed by atoms with E-state index < -0.39 is 17.7 Å². The van der Waals surface area contributed by atoms with Gasteiger partial charge in [-0.3, -0.25) is 4.68 Å². The van der Waals surface area contributed by atoms with Gasteiger partial charge in [0.25, 0.3) is 0 Å². The van der Waals surface area contributed by atoms with Crippen LogP contribution in [0.15, 0.2) is 60.9 Å². The molecule has 4 rings (SSSR count). The van der Waals surface area contributed by atoms with Gasteiger partial charge >= 0.3 is 6.03 Å². The van der Waals surface area contributed by atoms with E-state index in [1.165, 1.54) is 36.5 Å². The van der Waals surface area contributed by atoms with Gasteiger partial charge in [-0.2, -0.15) is 5.10 Å². The molecule has 0 saturated carbocycles. The second-order valence-electron chi connectivity index (χ2n) is 6.80. The number of rotatable bonds is 5. The molecule has 0 aliphatic heterocycles. The molecule has 0 radical (unpaired) electrons. The van der Waals surface area contributed by atoms with Gasteiger partial charge in [0.1, 0.15) is 11.5 Å². The van der Waals surface area contributed by atoms with Gasteiger partial charge in [0.2, 0.25) is 5.95 Å². The van der Waals surface area contributed by atoms with Crippen LogP contribution in [0.4, 0.5) is 30.9 Å². The lowest BCUT2D eigenvalue weighted by atomic mass is 10.0. The van der Waals surface area contributed by atoms with Crippen LogP contribution in [0, 0.1) is 11.6 Å². The van der Waals surface area contributed by atoms with Crippen LogP contribution in [0.25, 0.3) is 22.5 Å². The second-order valence-corrected chi connectivity index (χ2v) is 6.80. The molecular weight excluding hydrogens is 416 g/mol. The minimum Gasteiger partial charge on any atom is -0.368 e. The van der Waals surface area contributed by atoms with Crippen molar-refractivity contribution in [1.29, 1.82) is 0 Å². The predicted octanol–water partition coefficient (Wildman–Crippen LogP) is 4.53. The van der Waals surface area contributed by atoms with Gasteiger partial charge < -0.3 is 16.4 Å². The Morgan fingerprint density at radius 3 is 2.56 bits per heavy atom. The number of halogens is 2. The Morgan fingerprint density at radius 1 is 1.06 bits per heavy atom. The lowest BCUT2D eigenvalue weighted by Crippen LogP contribution is -2.20. The molecule has 0 bridgehead atoms. The Labute approximate surface area is 182 Å². The first-order valence-electron chi connectivity index (χ1n) is 9.73. The van der Waals surface area contributed by atoms with E-state index in [-0.39, 0.29) is 17.2 Å². The Balaban J connectivity index is 1.66. The number of urea groups is 1. The minimum absolute atomic E-state index is 0.0282. The third kappa shape index (κ3) is 4.38. The van der Waals surface area contributed by atoms with Gasteiger partial charge in [0, 0.05) is 35.8 Å². The SMILES string of the molecule is CCn1cc(-c2cccc(NC(=O)Nc3ccc(F)cc3)c2F)c(-c2ccnc(N)n2)n1. The van der Waals surface area contributed by atoms with E-state index >= 15 is 4.39 Å². The molecule has 2 amide bonds. The quantitative estimate of drug-likeness (QED) is 0.427. The number of hydrogen-bond donors (Lipinski definition) is 3. The van der Waals surface area contributed by atoms with Crippen molar-refractivity contribution in [3.63, 3.8) is 0 Å². The van der Waals surface area contributed by atoms with Crippen molar-refractivity contribution < 1.29 is 13.6 Å². The van der Waals surface area contributed by atoms with E-state index in [2.05, 4.69) is 25.7 Å². The van der Waals surface area contributed by atoms with E-state index in [1.807, 2.05) is 6.92 Å². The summed E-state index contributed by atoms with van der Waals surface area (Å²) in [5, 5.41) is 9.50. The molecule has 4 aromatic rings. The maximum absolute atomic E-state index is 15.4. The first kappa shape index (κ1) is 20.9. The third-order valence-electron chi connectivity index (χ3n) is 4.64. The van der Waals surface area contributed by atoms with E-state index in [1.54, 1.807) is 29.1 Å². The van der Waals surface area contributed by atoms with E-state index in [0.29, 0.717) is 29.2 Å². The Bertz CT molecular complexity index is 1270. The van der Waals surface area contributed by atoms with Crippen LogP contribution in [-0.2, 0) is 6.54 Å². The third-order valence-corrected chi connectivity index (χ3v) is 4.64. The summed E-state index contributed by atoms with van der Waals surface area (Å²) in [6, 6.07) is 10.8. The molecule has 162 valence electrons. The van der Waals surface area contributed by atoms with Gasteiger partial charge in [0.15, 0.2) is 5.82 Å². The normalized spacial score (nSPS) is 10.7. The Kier molecular flexibility index (Phi) is 5.75. The van der Waals surface area contributed by atoms with Crippen molar-refractivity contribution >= 4 is 23.4 Å². The van der Waals surface area contributed by atoms with Gasteiger partial charge in [-0.05, 0) is 43.3 Å². The fourth-order valence-electron chi connectivity index (χ4n) is 3.13. The molecule has 2 aromatic heterocycles. The molecule has 0 atom stereocenters. The number of carbonyl (C=O) groups is 1. The van der Waals surface area contributed by atoms with Crippen LogP contribution in [0.2, 0.25) is 0 Å². The van der Waals surface area contributed by atoms with E-state index in [4.69, 9.17) is 5.73 Å². The van der Waals surface area contributed by atoms with Crippen LogP contribution in [0.3, 0.4) is 0 Å². The summed E-state index contributed by atoms with van der Waals surface area (Å²) in [6.07, 6.45) is 3.20. The van der Waals surface area contributed by atoms with E-state index in [0.717, 1.165) is 0 Å². The van der Waals surface area contributed by atoms with Crippen molar-refractivity contribution in [1.82, 2.24) is 19.7 Å². The molecule has 10 heteroatoms. The maximum atomic E-state index is 15.4. The largest absolute Gasteiger partial charge is 0.368 e. The summed E-state index contributed by atoms with van der Waals surface area (Å²) < 4.78 is 30.1. The second kappa shape index (κ2) is 8.80. The zero-order valence-corrected chi connectivity index (χ0v) is 17.0. The van der Waals surface area contributed by atoms with Gasteiger partial charge in [0.05, 0.1) is 11.4 Å². The maximum Gasteiger partial charge on any atom is 0.323 e. The average molecular weight is 435 g/mol. The highest BCUT2D eigenvalue weighted by atomic mass is 19.1. The molecule has 32 heavy (non-hydrogen) atoms. The van der Waals surface area contributed by atoms with E-state index in [9.17, 15) is 9.18 Å². The molecule has 0 fully saturated rings. The number of nitrogen functional groups attached to an aromatic ring is 1. The summed E-state index contributed by atoms with van der Waals surface area (Å²) in [7, 11) is 0. The van der Waals surface area contributed by atoms with Crippen LogP contribution in [-0.4, -0.2) is 25.8 Å². The molecule has 0 aliphatic rings. The number of hydrogen-bond acceptors (Lipinski definition) is 5. The topological polar surface area (TPSA) is 111 Å². The summed E-state index contributed by atoms with van der Waals surface area (Å²) in [4.78, 5) is 20.4. The number of aromatic nitrogens is 4. The molecule has 2 aromatic carbocycles. The monoisotopic (exact) mass is 435 g/mol. The van der Waals surface area contributed by atoms with Crippen molar-refractivity contribution in [2.24, 2.45) is 0 Å². The minimum atomic E-state index is -0.666. The van der Waals surface area contributed by atoms with Crippen LogP contribution >= 0.6 is 0 Å². The summed E-state index contributed by atoms with van der Waals surface area (Å²) in [5.74, 6) is -0.989. The molecular formula is C22H19F2N7O. The zero-order valence-electron chi connectivity index (χ0n) is 17.0. The van der Waals surface area contributed by atoms with Crippen molar-refractivity contribution in [2.75, 3.05) is 16.4 Å². The summed E-state index contributed by atoms with van der Waals surface area (Å²) in [5.41, 5.74) is 7.65. The number of aryl methyl sites for hydroxylation is 1. The molecule has 0 unspecified atom stereocenters. The molecule has 8 nitrogen and oxygen atoms in total. The molecule has 4 N–H and O–H groups in total. The molecule has 2 heterocycles. The van der Waals surface area contributed by atoms with Gasteiger partial charge in [-0.15, -0.1) is 0 Å². The van der Waals surface area contributed by atoms with Crippen LogP contribution < -0.4 is 16.4 Å². The first-order valence-corrected chi connectivity index (χ1v) is 9.73. The smallest absolute Gasteiger partial charge is 0.323 e. The number of nitrogens with zero attached hydrogens (tertiary/aromatic N) is 4. The number of nitrogens with two attached hydrogens (primary N) is 1. The lowest BCUT2D eigenvalue weighted by molar-refractivity contribution is 0.262. The van der Waals surface area contributed by atoms with Crippen LogP contribution in [0.1, 0.15) is 6.92 Å². The fraction of sp³-hybridized carbons (Fsp3) is 0.0909.